The number of rotatable bonds is 2. The van der Waals surface area contributed by atoms with Crippen LogP contribution in [0, 0.1) is 6.92 Å². The van der Waals surface area contributed by atoms with E-state index >= 15 is 0 Å². The molecule has 3 heterocycles. The largest absolute Gasteiger partial charge is 0.433 e. The molecular formula is C13H11F3N5O2S+. The predicted molar refractivity (Wildman–Crippen MR) is 79.4 cm³/mol. The van der Waals surface area contributed by atoms with Crippen molar-refractivity contribution in [2.75, 3.05) is 11.1 Å². The molecule has 0 unspecified atom stereocenters. The molecule has 0 saturated carbocycles. The van der Waals surface area contributed by atoms with Gasteiger partial charge in [0, 0.05) is 5.39 Å². The smallest absolute Gasteiger partial charge is 0.397 e. The third-order valence-electron chi connectivity index (χ3n) is 3.20. The maximum atomic E-state index is 12.9. The molecule has 0 aliphatic carbocycles. The van der Waals surface area contributed by atoms with Crippen LogP contribution in [-0.4, -0.2) is 16.2 Å². The zero-order valence-electron chi connectivity index (χ0n) is 12.4. The number of carbonyl (C=O) groups excluding carboxylic acids is 1. The molecule has 1 amide bonds. The van der Waals surface area contributed by atoms with Gasteiger partial charge in [0.2, 0.25) is 0 Å². The lowest BCUT2D eigenvalue weighted by Crippen LogP contribution is -2.28. The fourth-order valence-electron chi connectivity index (χ4n) is 2.17. The molecule has 0 aliphatic heterocycles. The summed E-state index contributed by atoms with van der Waals surface area (Å²) < 4.78 is 44.8. The standard InChI is InChI=1S/C13H10F3N5O2S/c1-5-3-6(13(14,15)16)18-12-8(5)9(17)10(24-12)11(22)19-7-4-21(2)20-23-7/h3-4H,1-2H3,(H2-,17,19,20,22)/p+1. The Bertz CT molecular complexity index is 947. The SMILES string of the molecule is Cc1cc(C(F)(F)F)nc2sc(C(=O)Nc3c[n+](C)no3)c(N)c12. The molecule has 24 heavy (non-hydrogen) atoms. The molecule has 7 nitrogen and oxygen atoms in total. The fourth-order valence-corrected chi connectivity index (χ4v) is 3.24. The van der Waals surface area contributed by atoms with Crippen molar-refractivity contribution < 1.29 is 27.2 Å². The Morgan fingerprint density at radius 1 is 1.46 bits per heavy atom. The van der Waals surface area contributed by atoms with Crippen molar-refractivity contribution >= 4 is 39.0 Å². The number of anilines is 2. The fraction of sp³-hybridized carbons (Fsp3) is 0.231. The molecule has 0 saturated heterocycles. The van der Waals surface area contributed by atoms with Crippen LogP contribution in [-0.2, 0) is 13.2 Å². The van der Waals surface area contributed by atoms with Crippen LogP contribution in [0.25, 0.3) is 10.2 Å². The lowest BCUT2D eigenvalue weighted by atomic mass is 10.1. The summed E-state index contributed by atoms with van der Waals surface area (Å²) in [5.41, 5.74) is 5.29. The predicted octanol–water partition coefficient (Wildman–Crippen LogP) is 2.27. The minimum Gasteiger partial charge on any atom is -0.397 e. The van der Waals surface area contributed by atoms with Gasteiger partial charge < -0.3 is 5.73 Å². The number of thiophene rings is 1. The van der Waals surface area contributed by atoms with Crippen LogP contribution in [0.1, 0.15) is 20.9 Å². The Morgan fingerprint density at radius 3 is 2.75 bits per heavy atom. The molecule has 0 aliphatic rings. The normalized spacial score (nSPS) is 11.9. The number of halogens is 3. The molecule has 3 N–H and O–H groups in total. The number of pyridine rings is 1. The highest BCUT2D eigenvalue weighted by Gasteiger charge is 2.34. The Labute approximate surface area is 136 Å². The van der Waals surface area contributed by atoms with Gasteiger partial charge in [0.1, 0.15) is 15.4 Å². The molecule has 0 radical (unpaired) electrons. The zero-order chi connectivity index (χ0) is 17.6. The van der Waals surface area contributed by atoms with E-state index in [0.29, 0.717) is 10.9 Å². The molecule has 0 bridgehead atoms. The van der Waals surface area contributed by atoms with E-state index in [1.807, 2.05) is 0 Å². The summed E-state index contributed by atoms with van der Waals surface area (Å²) in [5, 5.41) is 6.31. The van der Waals surface area contributed by atoms with Crippen LogP contribution in [0.2, 0.25) is 0 Å². The maximum Gasteiger partial charge on any atom is 0.433 e. The Kier molecular flexibility index (Phi) is 3.67. The summed E-state index contributed by atoms with van der Waals surface area (Å²) in [7, 11) is 1.60. The van der Waals surface area contributed by atoms with Crippen molar-refractivity contribution in [2.45, 2.75) is 13.1 Å². The first-order valence-corrected chi connectivity index (χ1v) is 7.39. The number of aryl methyl sites for hydroxylation is 2. The molecule has 0 spiro atoms. The van der Waals surface area contributed by atoms with Crippen molar-refractivity contribution in [1.82, 2.24) is 10.3 Å². The van der Waals surface area contributed by atoms with E-state index < -0.39 is 17.8 Å². The Balaban J connectivity index is 2.04. The van der Waals surface area contributed by atoms with Crippen LogP contribution in [0.3, 0.4) is 0 Å². The zero-order valence-corrected chi connectivity index (χ0v) is 13.2. The van der Waals surface area contributed by atoms with Crippen LogP contribution in [0.4, 0.5) is 24.7 Å². The van der Waals surface area contributed by atoms with Crippen molar-refractivity contribution in [1.29, 1.82) is 0 Å². The number of nitrogens with zero attached hydrogens (tertiary/aromatic N) is 3. The van der Waals surface area contributed by atoms with Gasteiger partial charge in [-0.3, -0.25) is 14.6 Å². The van der Waals surface area contributed by atoms with Gasteiger partial charge in [0.05, 0.1) is 5.69 Å². The van der Waals surface area contributed by atoms with Crippen LogP contribution in [0.15, 0.2) is 16.8 Å². The molecule has 0 aromatic carbocycles. The highest BCUT2D eigenvalue weighted by molar-refractivity contribution is 7.21. The van der Waals surface area contributed by atoms with E-state index in [0.717, 1.165) is 17.4 Å². The van der Waals surface area contributed by atoms with Gasteiger partial charge in [0.15, 0.2) is 12.3 Å². The van der Waals surface area contributed by atoms with Gasteiger partial charge in [-0.1, -0.05) is 4.68 Å². The molecule has 3 aromatic rings. The third kappa shape index (κ3) is 2.77. The first-order chi connectivity index (χ1) is 11.2. The summed E-state index contributed by atoms with van der Waals surface area (Å²) >= 11 is 0.785. The van der Waals surface area contributed by atoms with E-state index in [1.54, 1.807) is 7.05 Å². The number of alkyl halides is 3. The first kappa shape index (κ1) is 16.2. The summed E-state index contributed by atoms with van der Waals surface area (Å²) in [5.74, 6) is -0.528. The lowest BCUT2D eigenvalue weighted by Gasteiger charge is -2.07. The average molecular weight is 358 g/mol. The van der Waals surface area contributed by atoms with Gasteiger partial charge in [0.25, 0.3) is 12.1 Å². The van der Waals surface area contributed by atoms with Crippen molar-refractivity contribution in [3.8, 4) is 0 Å². The summed E-state index contributed by atoms with van der Waals surface area (Å²) in [6, 6.07) is 0.906. The van der Waals surface area contributed by atoms with Crippen LogP contribution in [0.5, 0.6) is 0 Å². The van der Waals surface area contributed by atoms with Gasteiger partial charge in [-0.25, -0.2) is 4.98 Å². The van der Waals surface area contributed by atoms with E-state index in [4.69, 9.17) is 10.3 Å². The highest BCUT2D eigenvalue weighted by atomic mass is 32.1. The first-order valence-electron chi connectivity index (χ1n) is 6.57. The molecule has 11 heteroatoms. The van der Waals surface area contributed by atoms with E-state index in [9.17, 15) is 18.0 Å². The number of nitrogens with two attached hydrogens (primary N) is 1. The highest BCUT2D eigenvalue weighted by Crippen LogP contribution is 2.38. The number of fused-ring (bicyclic) bond motifs is 1. The Morgan fingerprint density at radius 2 is 2.17 bits per heavy atom. The molecule has 0 fully saturated rings. The monoisotopic (exact) mass is 358 g/mol. The summed E-state index contributed by atoms with van der Waals surface area (Å²) in [6.07, 6.45) is -3.15. The molecular weight excluding hydrogens is 347 g/mol. The number of nitrogens with one attached hydrogen (secondary N) is 1. The lowest BCUT2D eigenvalue weighted by molar-refractivity contribution is -0.739. The second-order valence-electron chi connectivity index (χ2n) is 5.04. The van der Waals surface area contributed by atoms with Crippen molar-refractivity contribution in [2.24, 2.45) is 7.05 Å². The third-order valence-corrected chi connectivity index (χ3v) is 4.30. The number of hydrogen-bond donors (Lipinski definition) is 2. The summed E-state index contributed by atoms with van der Waals surface area (Å²) in [6.45, 7) is 1.49. The maximum absolute atomic E-state index is 12.9. The second kappa shape index (κ2) is 5.44. The molecule has 3 aromatic heterocycles. The summed E-state index contributed by atoms with van der Waals surface area (Å²) in [4.78, 5) is 16.0. The number of hydrogen-bond acceptors (Lipinski definition) is 6. The van der Waals surface area contributed by atoms with E-state index in [2.05, 4.69) is 15.6 Å². The van der Waals surface area contributed by atoms with Crippen LogP contribution < -0.4 is 15.7 Å². The number of carbonyl (C=O) groups is 1. The number of nitrogen functional groups attached to an aromatic ring is 1. The van der Waals surface area contributed by atoms with Gasteiger partial charge in [-0.15, -0.1) is 11.3 Å². The topological polar surface area (TPSA) is 97.9 Å². The Hall–Kier alpha value is -2.69. The number of aromatic nitrogens is 3. The molecule has 3 rings (SSSR count). The second-order valence-corrected chi connectivity index (χ2v) is 6.04. The van der Waals surface area contributed by atoms with E-state index in [1.165, 1.54) is 17.8 Å². The number of amides is 1. The van der Waals surface area contributed by atoms with Gasteiger partial charge >= 0.3 is 12.1 Å². The van der Waals surface area contributed by atoms with E-state index in [-0.39, 0.29) is 21.3 Å². The van der Waals surface area contributed by atoms with Crippen molar-refractivity contribution in [3.63, 3.8) is 0 Å². The van der Waals surface area contributed by atoms with Crippen molar-refractivity contribution in [3.05, 3.63) is 28.4 Å². The molecule has 126 valence electrons. The minimum absolute atomic E-state index is 0.0492. The molecule has 0 atom stereocenters. The van der Waals surface area contributed by atoms with Gasteiger partial charge in [-0.05, 0) is 18.6 Å². The quantitative estimate of drug-likeness (QED) is 0.685. The minimum atomic E-state index is -4.57. The van der Waals surface area contributed by atoms with Crippen LogP contribution >= 0.6 is 11.3 Å². The average Bonchev–Trinajstić information content (AvgIpc) is 3.02. The van der Waals surface area contributed by atoms with Gasteiger partial charge in [-0.2, -0.15) is 13.2 Å².